The van der Waals surface area contributed by atoms with E-state index in [2.05, 4.69) is 4.90 Å². The fourth-order valence-electron chi connectivity index (χ4n) is 3.17. The largest absolute Gasteiger partial charge is 0.379 e. The number of hydrogen-bond acceptors (Lipinski definition) is 3. The molecule has 0 aliphatic carbocycles. The van der Waals surface area contributed by atoms with Crippen LogP contribution >= 0.6 is 0 Å². The number of likely N-dealkylation sites (tertiary alicyclic amines) is 1. The lowest BCUT2D eigenvalue weighted by Crippen LogP contribution is -2.33. The van der Waals surface area contributed by atoms with Crippen LogP contribution in [-0.4, -0.2) is 43.4 Å². The third-order valence-corrected chi connectivity index (χ3v) is 4.26. The van der Waals surface area contributed by atoms with Crippen molar-refractivity contribution in [1.29, 1.82) is 0 Å². The van der Waals surface area contributed by atoms with Gasteiger partial charge < -0.3 is 9.47 Å². The van der Waals surface area contributed by atoms with Gasteiger partial charge >= 0.3 is 0 Å². The summed E-state index contributed by atoms with van der Waals surface area (Å²) in [6.45, 7) is 3.19. The van der Waals surface area contributed by atoms with Crippen LogP contribution in [0.15, 0.2) is 24.3 Å². The lowest BCUT2D eigenvalue weighted by molar-refractivity contribution is 0.00628. The summed E-state index contributed by atoms with van der Waals surface area (Å²) in [6.07, 6.45) is 2.19. The van der Waals surface area contributed by atoms with Crippen LogP contribution in [0.1, 0.15) is 18.4 Å². The number of ether oxygens (including phenoxy) is 2. The molecule has 0 unspecified atom stereocenters. The van der Waals surface area contributed by atoms with Crippen molar-refractivity contribution in [1.82, 2.24) is 4.90 Å². The van der Waals surface area contributed by atoms with E-state index in [0.29, 0.717) is 13.2 Å². The molecule has 0 saturated carbocycles. The average Bonchev–Trinajstić information content (AvgIpc) is 3.00. The molecule has 3 nitrogen and oxygen atoms in total. The predicted molar refractivity (Wildman–Crippen MR) is 70.4 cm³/mol. The van der Waals surface area contributed by atoms with Gasteiger partial charge in [-0.25, -0.2) is 4.39 Å². The normalized spacial score (nSPS) is 31.4. The molecule has 104 valence electrons. The smallest absolute Gasteiger partial charge is 0.127 e. The van der Waals surface area contributed by atoms with Crippen molar-refractivity contribution in [2.24, 2.45) is 0 Å². The predicted octanol–water partition coefficient (Wildman–Crippen LogP) is 2.21. The Morgan fingerprint density at radius 3 is 3.05 bits per heavy atom. The van der Waals surface area contributed by atoms with Crippen molar-refractivity contribution in [3.63, 3.8) is 0 Å². The monoisotopic (exact) mass is 265 g/mol. The van der Waals surface area contributed by atoms with Gasteiger partial charge in [0.15, 0.2) is 0 Å². The van der Waals surface area contributed by atoms with Gasteiger partial charge in [0.25, 0.3) is 0 Å². The van der Waals surface area contributed by atoms with Gasteiger partial charge in [-0.15, -0.1) is 0 Å². The minimum absolute atomic E-state index is 0.0636. The summed E-state index contributed by atoms with van der Waals surface area (Å²) in [5.74, 6) is -0.120. The van der Waals surface area contributed by atoms with Crippen molar-refractivity contribution in [2.75, 3.05) is 26.8 Å². The summed E-state index contributed by atoms with van der Waals surface area (Å²) in [4.78, 5) is 2.27. The highest BCUT2D eigenvalue weighted by molar-refractivity contribution is 5.17. The average molecular weight is 265 g/mol. The third-order valence-electron chi connectivity index (χ3n) is 4.26. The number of rotatable bonds is 3. The van der Waals surface area contributed by atoms with E-state index < -0.39 is 0 Å². The highest BCUT2D eigenvalue weighted by Crippen LogP contribution is 2.36. The molecule has 2 heterocycles. The second kappa shape index (κ2) is 5.19. The van der Waals surface area contributed by atoms with Gasteiger partial charge in [0, 0.05) is 38.7 Å². The maximum atomic E-state index is 13.7. The van der Waals surface area contributed by atoms with E-state index in [0.717, 1.165) is 31.5 Å². The Hall–Kier alpha value is -0.970. The first-order chi connectivity index (χ1) is 9.21. The molecule has 0 bridgehead atoms. The first-order valence-electron chi connectivity index (χ1n) is 6.83. The molecule has 0 amide bonds. The fourth-order valence-corrected chi connectivity index (χ4v) is 3.17. The van der Waals surface area contributed by atoms with Crippen LogP contribution in [0.25, 0.3) is 0 Å². The highest BCUT2D eigenvalue weighted by Gasteiger charge is 2.45. The number of benzene rings is 1. The van der Waals surface area contributed by atoms with Crippen LogP contribution in [0.2, 0.25) is 0 Å². The van der Waals surface area contributed by atoms with Crippen molar-refractivity contribution in [2.45, 2.75) is 31.1 Å². The molecule has 0 N–H and O–H groups in total. The van der Waals surface area contributed by atoms with Crippen molar-refractivity contribution < 1.29 is 13.9 Å². The van der Waals surface area contributed by atoms with E-state index in [1.54, 1.807) is 13.2 Å². The standard InChI is InChI=1S/C15H20FNO2/c1-18-13-8-15(19-10-13)6-7-17(11-15)9-12-4-2-3-5-14(12)16/h2-5,13H,6-11H2,1H3/t13-,15-/m0/s1. The van der Waals surface area contributed by atoms with Gasteiger partial charge in [0.1, 0.15) is 5.82 Å². The maximum absolute atomic E-state index is 13.7. The van der Waals surface area contributed by atoms with E-state index in [9.17, 15) is 4.39 Å². The van der Waals surface area contributed by atoms with Crippen molar-refractivity contribution in [3.8, 4) is 0 Å². The molecule has 1 spiro atoms. The Morgan fingerprint density at radius 1 is 1.47 bits per heavy atom. The van der Waals surface area contributed by atoms with E-state index in [1.807, 2.05) is 12.1 Å². The molecule has 3 rings (SSSR count). The second-order valence-corrected chi connectivity index (χ2v) is 5.61. The molecule has 2 aliphatic rings. The van der Waals surface area contributed by atoms with Gasteiger partial charge in [-0.1, -0.05) is 18.2 Å². The van der Waals surface area contributed by atoms with Crippen LogP contribution < -0.4 is 0 Å². The van der Waals surface area contributed by atoms with E-state index in [-0.39, 0.29) is 17.5 Å². The van der Waals surface area contributed by atoms with Gasteiger partial charge in [-0.3, -0.25) is 4.90 Å². The third kappa shape index (κ3) is 2.66. The lowest BCUT2D eigenvalue weighted by Gasteiger charge is -2.23. The summed E-state index contributed by atoms with van der Waals surface area (Å²) in [5, 5.41) is 0. The minimum atomic E-state index is -0.120. The fraction of sp³-hybridized carbons (Fsp3) is 0.600. The van der Waals surface area contributed by atoms with Gasteiger partial charge in [-0.05, 0) is 12.5 Å². The second-order valence-electron chi connectivity index (χ2n) is 5.61. The first kappa shape index (κ1) is 13.0. The lowest BCUT2D eigenvalue weighted by atomic mass is 9.98. The first-order valence-corrected chi connectivity index (χ1v) is 6.83. The van der Waals surface area contributed by atoms with Crippen molar-refractivity contribution >= 4 is 0 Å². The van der Waals surface area contributed by atoms with Crippen LogP contribution in [0.3, 0.4) is 0 Å². The molecule has 0 radical (unpaired) electrons. The summed E-state index contributed by atoms with van der Waals surface area (Å²) in [7, 11) is 1.74. The minimum Gasteiger partial charge on any atom is -0.379 e. The Morgan fingerprint density at radius 2 is 2.32 bits per heavy atom. The molecule has 19 heavy (non-hydrogen) atoms. The maximum Gasteiger partial charge on any atom is 0.127 e. The molecule has 2 aliphatic heterocycles. The van der Waals surface area contributed by atoms with E-state index in [1.165, 1.54) is 6.07 Å². The van der Waals surface area contributed by atoms with Gasteiger partial charge in [0.2, 0.25) is 0 Å². The summed E-state index contributed by atoms with van der Waals surface area (Å²) in [6, 6.07) is 6.99. The van der Waals surface area contributed by atoms with Crippen LogP contribution in [0.4, 0.5) is 4.39 Å². The van der Waals surface area contributed by atoms with Gasteiger partial charge in [0.05, 0.1) is 18.3 Å². The number of hydrogen-bond donors (Lipinski definition) is 0. The SMILES string of the molecule is CO[C@@H]1CO[C@@]2(CCN(Cc3ccccc3F)C2)C1. The Labute approximate surface area is 113 Å². The highest BCUT2D eigenvalue weighted by atomic mass is 19.1. The van der Waals surface area contributed by atoms with E-state index >= 15 is 0 Å². The molecule has 2 atom stereocenters. The Kier molecular flexibility index (Phi) is 3.56. The van der Waals surface area contributed by atoms with Crippen LogP contribution in [0, 0.1) is 5.82 Å². The summed E-state index contributed by atoms with van der Waals surface area (Å²) < 4.78 is 25.0. The molecule has 1 aromatic carbocycles. The zero-order valence-electron chi connectivity index (χ0n) is 11.3. The topological polar surface area (TPSA) is 21.7 Å². The molecule has 1 aromatic rings. The zero-order valence-corrected chi connectivity index (χ0v) is 11.3. The molecule has 4 heteroatoms. The number of methoxy groups -OCH3 is 1. The molecule has 0 aromatic heterocycles. The number of nitrogens with zero attached hydrogens (tertiary/aromatic N) is 1. The Balaban J connectivity index is 1.62. The summed E-state index contributed by atoms with van der Waals surface area (Å²) in [5.41, 5.74) is 0.701. The number of halogens is 1. The van der Waals surface area contributed by atoms with E-state index in [4.69, 9.17) is 9.47 Å². The molecular formula is C15H20FNO2. The van der Waals surface area contributed by atoms with Crippen LogP contribution in [-0.2, 0) is 16.0 Å². The quantitative estimate of drug-likeness (QED) is 0.836. The Bertz CT molecular complexity index is 454. The molecular weight excluding hydrogens is 245 g/mol. The van der Waals surface area contributed by atoms with Gasteiger partial charge in [-0.2, -0.15) is 0 Å². The molecule has 2 fully saturated rings. The van der Waals surface area contributed by atoms with Crippen LogP contribution in [0.5, 0.6) is 0 Å². The summed E-state index contributed by atoms with van der Waals surface area (Å²) >= 11 is 0. The van der Waals surface area contributed by atoms with Crippen molar-refractivity contribution in [3.05, 3.63) is 35.6 Å². The molecule has 2 saturated heterocycles. The zero-order chi connectivity index (χ0) is 13.3.